The number of hydrogen-bond acceptors (Lipinski definition) is 5. The lowest BCUT2D eigenvalue weighted by Gasteiger charge is -2.32. The minimum Gasteiger partial charge on any atom is -0.497 e. The highest BCUT2D eigenvalue weighted by atomic mass is 32.2. The van der Waals surface area contributed by atoms with Gasteiger partial charge in [0.2, 0.25) is 15.9 Å². The standard InChI is InChI=1S/C24H27FN4O4S/c1-28-15-13-26-23(28)22(17-5-9-20(33-2)10-6-17)27-24(30)18-4-3-14-29(16-18)34(31,32)21-11-7-19(25)8-12-21/h5-13,15,18,22H,3-4,14,16H2,1-2H3,(H,27,30)/t18-,22+/m1/s1. The number of rotatable bonds is 7. The van der Waals surface area contributed by atoms with Crippen molar-refractivity contribution in [3.05, 3.63) is 78.1 Å². The number of aromatic nitrogens is 2. The van der Waals surface area contributed by atoms with Gasteiger partial charge in [0.15, 0.2) is 0 Å². The first-order valence-electron chi connectivity index (χ1n) is 11.0. The summed E-state index contributed by atoms with van der Waals surface area (Å²) >= 11 is 0. The van der Waals surface area contributed by atoms with Gasteiger partial charge >= 0.3 is 0 Å². The summed E-state index contributed by atoms with van der Waals surface area (Å²) in [7, 11) is -0.392. The largest absolute Gasteiger partial charge is 0.497 e. The fourth-order valence-corrected chi connectivity index (χ4v) is 5.66. The number of benzene rings is 2. The maximum atomic E-state index is 13.3. The van der Waals surface area contributed by atoms with E-state index in [9.17, 15) is 17.6 Å². The van der Waals surface area contributed by atoms with E-state index in [2.05, 4.69) is 10.3 Å². The molecule has 0 aliphatic carbocycles. The molecule has 1 aliphatic rings. The van der Waals surface area contributed by atoms with Crippen LogP contribution < -0.4 is 10.1 Å². The molecule has 4 rings (SSSR count). The molecule has 1 aliphatic heterocycles. The van der Waals surface area contributed by atoms with E-state index in [1.807, 2.05) is 35.9 Å². The highest BCUT2D eigenvalue weighted by molar-refractivity contribution is 7.89. The van der Waals surface area contributed by atoms with Crippen molar-refractivity contribution >= 4 is 15.9 Å². The first-order valence-corrected chi connectivity index (χ1v) is 12.4. The van der Waals surface area contributed by atoms with E-state index < -0.39 is 27.8 Å². The number of imidazole rings is 1. The molecule has 8 nitrogen and oxygen atoms in total. The van der Waals surface area contributed by atoms with E-state index in [-0.39, 0.29) is 17.3 Å². The van der Waals surface area contributed by atoms with E-state index in [4.69, 9.17) is 4.74 Å². The Kier molecular flexibility index (Phi) is 6.99. The molecule has 1 aromatic heterocycles. The summed E-state index contributed by atoms with van der Waals surface area (Å²) in [5.74, 6) is 0.0780. The number of sulfonamides is 1. The van der Waals surface area contributed by atoms with Crippen molar-refractivity contribution < 1.29 is 22.3 Å². The van der Waals surface area contributed by atoms with Crippen LogP contribution in [-0.2, 0) is 21.9 Å². The highest BCUT2D eigenvalue weighted by Gasteiger charge is 2.34. The molecule has 2 aromatic carbocycles. The van der Waals surface area contributed by atoms with Gasteiger partial charge in [-0.15, -0.1) is 0 Å². The van der Waals surface area contributed by atoms with Crippen LogP contribution in [0.25, 0.3) is 0 Å². The predicted molar refractivity (Wildman–Crippen MR) is 124 cm³/mol. The Morgan fingerprint density at radius 1 is 1.18 bits per heavy atom. The van der Waals surface area contributed by atoms with Crippen LogP contribution in [0.1, 0.15) is 30.3 Å². The molecule has 0 unspecified atom stereocenters. The summed E-state index contributed by atoms with van der Waals surface area (Å²) in [4.78, 5) is 17.7. The molecule has 34 heavy (non-hydrogen) atoms. The molecule has 1 N–H and O–H groups in total. The van der Waals surface area contributed by atoms with Crippen molar-refractivity contribution in [3.8, 4) is 5.75 Å². The Balaban J connectivity index is 1.54. The SMILES string of the molecule is COc1ccc([C@H](NC(=O)[C@@H]2CCCN(S(=O)(=O)c3ccc(F)cc3)C2)c2nccn2C)cc1. The first kappa shape index (κ1) is 23.9. The number of piperidine rings is 1. The average molecular weight is 487 g/mol. The van der Waals surface area contributed by atoms with Gasteiger partial charge in [-0.1, -0.05) is 12.1 Å². The van der Waals surface area contributed by atoms with Gasteiger partial charge in [0, 0.05) is 32.5 Å². The molecule has 3 aromatic rings. The van der Waals surface area contributed by atoms with Crippen molar-refractivity contribution in [2.45, 2.75) is 23.8 Å². The molecule has 0 bridgehead atoms. The summed E-state index contributed by atoms with van der Waals surface area (Å²) in [6, 6.07) is 11.6. The number of nitrogens with zero attached hydrogens (tertiary/aromatic N) is 3. The maximum Gasteiger partial charge on any atom is 0.243 e. The molecule has 180 valence electrons. The van der Waals surface area contributed by atoms with Gasteiger partial charge in [-0.05, 0) is 54.8 Å². The second-order valence-electron chi connectivity index (χ2n) is 8.27. The number of nitrogens with one attached hydrogen (secondary N) is 1. The third-order valence-corrected chi connectivity index (χ3v) is 7.94. The molecule has 0 spiro atoms. The van der Waals surface area contributed by atoms with Crippen LogP contribution in [0, 0.1) is 11.7 Å². The molecule has 2 atom stereocenters. The second-order valence-corrected chi connectivity index (χ2v) is 10.2. The monoisotopic (exact) mass is 486 g/mol. The number of aryl methyl sites for hydroxylation is 1. The Labute approximate surface area is 198 Å². The van der Waals surface area contributed by atoms with Crippen LogP contribution in [-0.4, -0.2) is 48.4 Å². The zero-order valence-corrected chi connectivity index (χ0v) is 19.8. The van der Waals surface area contributed by atoms with Crippen molar-refractivity contribution in [1.29, 1.82) is 0 Å². The normalized spacial score (nSPS) is 17.8. The van der Waals surface area contributed by atoms with Crippen molar-refractivity contribution in [1.82, 2.24) is 19.2 Å². The number of hydrogen-bond donors (Lipinski definition) is 1. The summed E-state index contributed by atoms with van der Waals surface area (Å²) in [6.07, 6.45) is 4.58. The molecule has 2 heterocycles. The number of amides is 1. The first-order chi connectivity index (χ1) is 16.3. The lowest BCUT2D eigenvalue weighted by molar-refractivity contribution is -0.126. The van der Waals surface area contributed by atoms with Crippen LogP contribution in [0.15, 0.2) is 65.8 Å². The molecular formula is C24H27FN4O4S. The van der Waals surface area contributed by atoms with Gasteiger partial charge in [0.05, 0.1) is 17.9 Å². The van der Waals surface area contributed by atoms with Crippen LogP contribution in [0.4, 0.5) is 4.39 Å². The van der Waals surface area contributed by atoms with Crippen molar-refractivity contribution in [2.24, 2.45) is 13.0 Å². The van der Waals surface area contributed by atoms with Gasteiger partial charge in [-0.3, -0.25) is 4.79 Å². The van der Waals surface area contributed by atoms with Gasteiger partial charge in [0.25, 0.3) is 0 Å². The quantitative estimate of drug-likeness (QED) is 0.554. The van der Waals surface area contributed by atoms with E-state index in [0.717, 1.165) is 17.7 Å². The molecule has 10 heteroatoms. The maximum absolute atomic E-state index is 13.3. The molecule has 0 saturated carbocycles. The smallest absolute Gasteiger partial charge is 0.243 e. The minimum absolute atomic E-state index is 0.0130. The van der Waals surface area contributed by atoms with E-state index in [1.165, 1.54) is 16.4 Å². The fraction of sp³-hybridized carbons (Fsp3) is 0.333. The zero-order chi connectivity index (χ0) is 24.3. The zero-order valence-electron chi connectivity index (χ0n) is 19.0. The number of carbonyl (C=O) groups excluding carboxylic acids is 1. The lowest BCUT2D eigenvalue weighted by Crippen LogP contribution is -2.46. The molecule has 1 amide bonds. The Bertz CT molecular complexity index is 1240. The second kappa shape index (κ2) is 9.94. The van der Waals surface area contributed by atoms with Gasteiger partial charge in [0.1, 0.15) is 23.4 Å². The predicted octanol–water partition coefficient (Wildman–Crippen LogP) is 2.87. The minimum atomic E-state index is -3.83. The summed E-state index contributed by atoms with van der Waals surface area (Å²) in [5, 5.41) is 3.07. The lowest BCUT2D eigenvalue weighted by atomic mass is 9.97. The Morgan fingerprint density at radius 3 is 2.50 bits per heavy atom. The highest BCUT2D eigenvalue weighted by Crippen LogP contribution is 2.27. The molecule has 0 radical (unpaired) electrons. The van der Waals surface area contributed by atoms with Crippen LogP contribution in [0.3, 0.4) is 0 Å². The molecule has 1 fully saturated rings. The topological polar surface area (TPSA) is 93.5 Å². The third kappa shape index (κ3) is 4.97. The number of methoxy groups -OCH3 is 1. The van der Waals surface area contributed by atoms with Crippen LogP contribution >= 0.6 is 0 Å². The summed E-state index contributed by atoms with van der Waals surface area (Å²) in [6.45, 7) is 0.367. The van der Waals surface area contributed by atoms with Crippen LogP contribution in [0.2, 0.25) is 0 Å². The molecule has 1 saturated heterocycles. The average Bonchev–Trinajstić information content (AvgIpc) is 3.28. The van der Waals surface area contributed by atoms with E-state index in [1.54, 1.807) is 19.5 Å². The number of ether oxygens (including phenoxy) is 1. The summed E-state index contributed by atoms with van der Waals surface area (Å²) in [5.41, 5.74) is 0.829. The van der Waals surface area contributed by atoms with Crippen molar-refractivity contribution in [3.63, 3.8) is 0 Å². The number of halogens is 1. The Morgan fingerprint density at radius 2 is 1.88 bits per heavy atom. The number of carbonyl (C=O) groups is 1. The Hall–Kier alpha value is -3.24. The van der Waals surface area contributed by atoms with Gasteiger partial charge in [-0.2, -0.15) is 4.31 Å². The van der Waals surface area contributed by atoms with Crippen LogP contribution in [0.5, 0.6) is 5.75 Å². The summed E-state index contributed by atoms with van der Waals surface area (Å²) < 4.78 is 47.7. The molecular weight excluding hydrogens is 459 g/mol. The van der Waals surface area contributed by atoms with Gasteiger partial charge < -0.3 is 14.6 Å². The third-order valence-electron chi connectivity index (χ3n) is 6.06. The van der Waals surface area contributed by atoms with E-state index >= 15 is 0 Å². The fourth-order valence-electron chi connectivity index (χ4n) is 4.14. The van der Waals surface area contributed by atoms with E-state index in [0.29, 0.717) is 31.0 Å². The van der Waals surface area contributed by atoms with Gasteiger partial charge in [-0.25, -0.2) is 17.8 Å². The van der Waals surface area contributed by atoms with Crippen molar-refractivity contribution in [2.75, 3.05) is 20.2 Å².